The second-order valence-corrected chi connectivity index (χ2v) is 7.83. The predicted molar refractivity (Wildman–Crippen MR) is 134 cm³/mol. The van der Waals surface area contributed by atoms with Crippen molar-refractivity contribution in [2.24, 2.45) is 0 Å². The number of aromatic amines is 1. The molecule has 0 fully saturated rings. The quantitative estimate of drug-likeness (QED) is 0.250. The number of phenolic OH excluding ortho intramolecular Hbond substituents is 1. The zero-order chi connectivity index (χ0) is 24.8. The number of aryl methyl sites for hydroxylation is 1. The van der Waals surface area contributed by atoms with E-state index >= 15 is 0 Å². The zero-order valence-electron chi connectivity index (χ0n) is 19.3. The number of amides is 3. The van der Waals surface area contributed by atoms with Gasteiger partial charge in [-0.15, -0.1) is 0 Å². The van der Waals surface area contributed by atoms with E-state index in [2.05, 4.69) is 26.1 Å². The third kappa shape index (κ3) is 5.77. The molecular weight excluding hydrogens is 446 g/mol. The van der Waals surface area contributed by atoms with E-state index in [0.717, 1.165) is 22.4 Å². The number of phenols is 1. The van der Waals surface area contributed by atoms with Crippen LogP contribution in [0.5, 0.6) is 11.5 Å². The van der Waals surface area contributed by atoms with Crippen molar-refractivity contribution in [2.45, 2.75) is 13.5 Å². The van der Waals surface area contributed by atoms with E-state index < -0.39 is 11.9 Å². The molecule has 0 spiro atoms. The highest BCUT2D eigenvalue weighted by Crippen LogP contribution is 2.27. The Morgan fingerprint density at radius 3 is 2.54 bits per heavy atom. The Labute approximate surface area is 202 Å². The maximum Gasteiger partial charge on any atom is 0.319 e. The van der Waals surface area contributed by atoms with Crippen molar-refractivity contribution < 1.29 is 19.4 Å². The van der Waals surface area contributed by atoms with Crippen molar-refractivity contribution >= 4 is 23.4 Å². The summed E-state index contributed by atoms with van der Waals surface area (Å²) in [6.07, 6.45) is 0. The average molecular weight is 472 g/mol. The fourth-order valence-corrected chi connectivity index (χ4v) is 3.51. The second-order valence-electron chi connectivity index (χ2n) is 7.83. The number of methoxy groups -OCH3 is 1. The first-order chi connectivity index (χ1) is 16.9. The van der Waals surface area contributed by atoms with Crippen molar-refractivity contribution in [3.05, 3.63) is 89.5 Å². The van der Waals surface area contributed by atoms with Crippen molar-refractivity contribution in [1.29, 1.82) is 0 Å². The minimum Gasteiger partial charge on any atom is -0.507 e. The molecule has 1 aromatic heterocycles. The molecule has 35 heavy (non-hydrogen) atoms. The number of rotatable bonds is 7. The number of urea groups is 1. The maximum absolute atomic E-state index is 12.8. The molecule has 0 aliphatic rings. The predicted octanol–water partition coefficient (Wildman–Crippen LogP) is 4.67. The number of nitrogens with zero attached hydrogens (tertiary/aromatic N) is 1. The Morgan fingerprint density at radius 2 is 1.80 bits per heavy atom. The molecule has 9 heteroatoms. The standard InChI is InChI=1S/C26H25N5O4/c1-16-12-18(8-11-23(16)35-2)21-14-24(31-30-21)29-25(33)20-13-19(9-10-22(20)32)28-26(34)27-15-17-6-4-3-5-7-17/h3-14,32H,15H2,1-2H3,(H2,27,28,34)(H2,29,30,31,33). The van der Waals surface area contributed by atoms with Crippen LogP contribution in [0, 0.1) is 6.92 Å². The average Bonchev–Trinajstić information content (AvgIpc) is 3.33. The maximum atomic E-state index is 12.8. The molecule has 0 aliphatic carbocycles. The van der Waals surface area contributed by atoms with E-state index in [1.54, 1.807) is 13.2 Å². The fraction of sp³-hybridized carbons (Fsp3) is 0.115. The van der Waals surface area contributed by atoms with Gasteiger partial charge in [0.15, 0.2) is 5.82 Å². The first-order valence-electron chi connectivity index (χ1n) is 10.9. The number of carbonyl (C=O) groups is 2. The number of H-pyrrole nitrogens is 1. The molecule has 0 unspecified atom stereocenters. The van der Waals surface area contributed by atoms with E-state index in [4.69, 9.17) is 4.74 Å². The molecule has 4 rings (SSSR count). The van der Waals surface area contributed by atoms with Crippen molar-refractivity contribution in [1.82, 2.24) is 15.5 Å². The van der Waals surface area contributed by atoms with Gasteiger partial charge in [0.05, 0.1) is 18.4 Å². The second kappa shape index (κ2) is 10.4. The van der Waals surface area contributed by atoms with Crippen LogP contribution in [0.2, 0.25) is 0 Å². The molecule has 0 saturated carbocycles. The highest BCUT2D eigenvalue weighted by molar-refractivity contribution is 6.07. The molecule has 3 aromatic carbocycles. The van der Waals surface area contributed by atoms with Gasteiger partial charge in [0.1, 0.15) is 11.5 Å². The van der Waals surface area contributed by atoms with Crippen LogP contribution in [-0.4, -0.2) is 34.4 Å². The van der Waals surface area contributed by atoms with Gasteiger partial charge in [-0.3, -0.25) is 9.89 Å². The Balaban J connectivity index is 1.41. The number of carbonyl (C=O) groups excluding carboxylic acids is 2. The molecule has 9 nitrogen and oxygen atoms in total. The number of hydrogen-bond donors (Lipinski definition) is 5. The van der Waals surface area contributed by atoms with Gasteiger partial charge >= 0.3 is 6.03 Å². The molecule has 4 aromatic rings. The minimum atomic E-state index is -0.570. The molecule has 0 aliphatic heterocycles. The third-order valence-corrected chi connectivity index (χ3v) is 5.32. The van der Waals surface area contributed by atoms with Gasteiger partial charge in [0.2, 0.25) is 0 Å². The van der Waals surface area contributed by atoms with Crippen LogP contribution in [-0.2, 0) is 6.54 Å². The Hall–Kier alpha value is -4.79. The summed E-state index contributed by atoms with van der Waals surface area (Å²) in [4.78, 5) is 25.0. The number of ether oxygens (including phenoxy) is 1. The van der Waals surface area contributed by atoms with Crippen LogP contribution in [0.15, 0.2) is 72.8 Å². The summed E-state index contributed by atoms with van der Waals surface area (Å²) in [5.41, 5.74) is 3.86. The van der Waals surface area contributed by atoms with Crippen LogP contribution in [0.4, 0.5) is 16.3 Å². The number of anilines is 2. The van der Waals surface area contributed by atoms with Gasteiger partial charge in [-0.25, -0.2) is 4.79 Å². The molecule has 0 bridgehead atoms. The van der Waals surface area contributed by atoms with Gasteiger partial charge in [-0.05, 0) is 54.4 Å². The monoisotopic (exact) mass is 471 g/mol. The van der Waals surface area contributed by atoms with E-state index in [1.165, 1.54) is 18.2 Å². The van der Waals surface area contributed by atoms with Gasteiger partial charge in [-0.2, -0.15) is 5.10 Å². The molecule has 3 amide bonds. The highest BCUT2D eigenvalue weighted by atomic mass is 16.5. The van der Waals surface area contributed by atoms with Crippen molar-refractivity contribution in [2.75, 3.05) is 17.7 Å². The molecule has 5 N–H and O–H groups in total. The minimum absolute atomic E-state index is 0.00398. The van der Waals surface area contributed by atoms with Gasteiger partial charge in [0, 0.05) is 23.9 Å². The SMILES string of the molecule is COc1ccc(-c2cc(NC(=O)c3cc(NC(=O)NCc4ccccc4)ccc3O)n[nH]2)cc1C. The van der Waals surface area contributed by atoms with Gasteiger partial charge in [-0.1, -0.05) is 30.3 Å². The lowest BCUT2D eigenvalue weighted by molar-refractivity contribution is 0.102. The number of hydrogen-bond acceptors (Lipinski definition) is 5. The molecule has 0 atom stereocenters. The number of aromatic hydroxyl groups is 1. The lowest BCUT2D eigenvalue weighted by Crippen LogP contribution is -2.28. The van der Waals surface area contributed by atoms with Crippen LogP contribution < -0.4 is 20.7 Å². The van der Waals surface area contributed by atoms with Gasteiger partial charge < -0.3 is 25.8 Å². The first kappa shape index (κ1) is 23.4. The Morgan fingerprint density at radius 1 is 1.00 bits per heavy atom. The lowest BCUT2D eigenvalue weighted by atomic mass is 10.1. The summed E-state index contributed by atoms with van der Waals surface area (Å²) in [7, 11) is 1.61. The van der Waals surface area contributed by atoms with E-state index in [-0.39, 0.29) is 17.1 Å². The third-order valence-electron chi connectivity index (χ3n) is 5.32. The van der Waals surface area contributed by atoms with E-state index in [0.29, 0.717) is 17.9 Å². The largest absolute Gasteiger partial charge is 0.507 e. The van der Waals surface area contributed by atoms with Crippen LogP contribution in [0.25, 0.3) is 11.3 Å². The Bertz CT molecular complexity index is 1350. The first-order valence-corrected chi connectivity index (χ1v) is 10.9. The lowest BCUT2D eigenvalue weighted by Gasteiger charge is -2.10. The topological polar surface area (TPSA) is 128 Å². The Kier molecular flexibility index (Phi) is 6.96. The molecule has 0 saturated heterocycles. The summed E-state index contributed by atoms with van der Waals surface area (Å²) in [6, 6.07) is 20.7. The van der Waals surface area contributed by atoms with Crippen LogP contribution in [0.3, 0.4) is 0 Å². The molecular formula is C26H25N5O4. The molecule has 178 valence electrons. The normalized spacial score (nSPS) is 10.5. The van der Waals surface area contributed by atoms with Crippen molar-refractivity contribution in [3.63, 3.8) is 0 Å². The summed E-state index contributed by atoms with van der Waals surface area (Å²) in [5, 5.41) is 25.3. The summed E-state index contributed by atoms with van der Waals surface area (Å²) in [5.74, 6) is 0.274. The highest BCUT2D eigenvalue weighted by Gasteiger charge is 2.15. The number of nitrogens with one attached hydrogen (secondary N) is 4. The zero-order valence-corrected chi connectivity index (χ0v) is 19.3. The van der Waals surface area contributed by atoms with Gasteiger partial charge in [0.25, 0.3) is 5.91 Å². The van der Waals surface area contributed by atoms with Crippen molar-refractivity contribution in [3.8, 4) is 22.8 Å². The van der Waals surface area contributed by atoms with E-state index in [1.807, 2.05) is 55.5 Å². The number of benzene rings is 3. The summed E-state index contributed by atoms with van der Waals surface area (Å²) >= 11 is 0. The summed E-state index contributed by atoms with van der Waals surface area (Å²) in [6.45, 7) is 2.29. The molecule has 0 radical (unpaired) electrons. The molecule has 1 heterocycles. The summed E-state index contributed by atoms with van der Waals surface area (Å²) < 4.78 is 5.28. The fourth-order valence-electron chi connectivity index (χ4n) is 3.51. The number of aromatic nitrogens is 2. The smallest absolute Gasteiger partial charge is 0.319 e. The van der Waals surface area contributed by atoms with Crippen LogP contribution >= 0.6 is 0 Å². The van der Waals surface area contributed by atoms with E-state index in [9.17, 15) is 14.7 Å². The van der Waals surface area contributed by atoms with Crippen LogP contribution in [0.1, 0.15) is 21.5 Å².